The first-order valence-corrected chi connectivity index (χ1v) is 6.84. The van der Waals surface area contributed by atoms with Crippen molar-refractivity contribution in [2.45, 2.75) is 33.2 Å². The number of nitrogens with one attached hydrogen (secondary N) is 2. The molecule has 0 bridgehead atoms. The van der Waals surface area contributed by atoms with Gasteiger partial charge in [0.2, 0.25) is 0 Å². The number of hydrogen-bond donors (Lipinski definition) is 3. The van der Waals surface area contributed by atoms with Crippen molar-refractivity contribution in [3.05, 3.63) is 35.1 Å². The average Bonchev–Trinajstić information content (AvgIpc) is 2.40. The monoisotopic (exact) mass is 282 g/mol. The Morgan fingerprint density at radius 1 is 1.40 bits per heavy atom. The molecule has 2 unspecified atom stereocenters. The van der Waals surface area contributed by atoms with Gasteiger partial charge >= 0.3 is 6.03 Å². The summed E-state index contributed by atoms with van der Waals surface area (Å²) in [5.74, 6) is -0.233. The number of aryl methyl sites for hydroxylation is 1. The van der Waals surface area contributed by atoms with Crippen LogP contribution in [0.3, 0.4) is 0 Å². The fourth-order valence-corrected chi connectivity index (χ4v) is 1.81. The van der Waals surface area contributed by atoms with Crippen LogP contribution in [0.2, 0.25) is 0 Å². The van der Waals surface area contributed by atoms with Crippen LogP contribution >= 0.6 is 0 Å². The molecule has 1 aromatic rings. The van der Waals surface area contributed by atoms with Gasteiger partial charge < -0.3 is 15.7 Å². The van der Waals surface area contributed by atoms with Crippen LogP contribution in [0.15, 0.2) is 18.2 Å². The number of carbonyl (C=O) groups is 1. The van der Waals surface area contributed by atoms with Gasteiger partial charge in [0.25, 0.3) is 0 Å². The van der Waals surface area contributed by atoms with Crippen LogP contribution in [0.25, 0.3) is 0 Å². The van der Waals surface area contributed by atoms with E-state index in [0.29, 0.717) is 13.0 Å². The third-order valence-corrected chi connectivity index (χ3v) is 3.48. The molecule has 0 fully saturated rings. The Kier molecular flexibility index (Phi) is 6.45. The summed E-state index contributed by atoms with van der Waals surface area (Å²) in [6.07, 6.45) is 0.656. The zero-order valence-electron chi connectivity index (χ0n) is 12.2. The predicted octanol–water partition coefficient (Wildman–Crippen LogP) is 1.99. The van der Waals surface area contributed by atoms with Crippen molar-refractivity contribution in [2.24, 2.45) is 5.92 Å². The van der Waals surface area contributed by atoms with Crippen molar-refractivity contribution in [1.82, 2.24) is 10.6 Å². The van der Waals surface area contributed by atoms with E-state index < -0.39 is 0 Å². The van der Waals surface area contributed by atoms with Crippen LogP contribution in [0.4, 0.5) is 9.18 Å². The van der Waals surface area contributed by atoms with Crippen molar-refractivity contribution in [2.75, 3.05) is 13.2 Å². The van der Waals surface area contributed by atoms with Crippen molar-refractivity contribution >= 4 is 6.03 Å². The Hall–Kier alpha value is -1.62. The van der Waals surface area contributed by atoms with E-state index in [1.54, 1.807) is 6.07 Å². The molecule has 3 N–H and O–H groups in total. The molecular weight excluding hydrogens is 259 g/mol. The normalized spacial score (nSPS) is 13.7. The Morgan fingerprint density at radius 3 is 2.70 bits per heavy atom. The summed E-state index contributed by atoms with van der Waals surface area (Å²) < 4.78 is 13.0. The zero-order chi connectivity index (χ0) is 15.1. The first kappa shape index (κ1) is 16.4. The maximum Gasteiger partial charge on any atom is 0.315 e. The second kappa shape index (κ2) is 7.85. The molecule has 0 heterocycles. The number of amides is 2. The van der Waals surface area contributed by atoms with E-state index in [0.717, 1.165) is 11.1 Å². The molecule has 0 aliphatic carbocycles. The van der Waals surface area contributed by atoms with Crippen LogP contribution in [-0.4, -0.2) is 30.3 Å². The molecule has 0 spiro atoms. The van der Waals surface area contributed by atoms with E-state index in [4.69, 9.17) is 5.11 Å². The quantitative estimate of drug-likeness (QED) is 0.747. The molecule has 0 saturated heterocycles. The van der Waals surface area contributed by atoms with Gasteiger partial charge in [0.15, 0.2) is 0 Å². The van der Waals surface area contributed by atoms with Gasteiger partial charge in [-0.2, -0.15) is 0 Å². The standard InChI is InChI=1S/C15H23FN2O2/c1-10-8-14(16)5-4-13(10)6-7-17-15(20)18-12(3)11(2)9-19/h4-5,8,11-12,19H,6-7,9H2,1-3H3,(H2,17,18,20). The van der Waals surface area contributed by atoms with Gasteiger partial charge in [0, 0.05) is 19.2 Å². The molecular formula is C15H23FN2O2. The lowest BCUT2D eigenvalue weighted by Gasteiger charge is -2.19. The van der Waals surface area contributed by atoms with Gasteiger partial charge in [0.05, 0.1) is 0 Å². The lowest BCUT2D eigenvalue weighted by molar-refractivity contribution is 0.200. The van der Waals surface area contributed by atoms with E-state index in [1.165, 1.54) is 12.1 Å². The van der Waals surface area contributed by atoms with Crippen molar-refractivity contribution < 1.29 is 14.3 Å². The minimum Gasteiger partial charge on any atom is -0.396 e. The Balaban J connectivity index is 2.35. The molecule has 4 nitrogen and oxygen atoms in total. The number of urea groups is 1. The van der Waals surface area contributed by atoms with Gasteiger partial charge in [-0.25, -0.2) is 9.18 Å². The molecule has 20 heavy (non-hydrogen) atoms. The molecule has 2 amide bonds. The van der Waals surface area contributed by atoms with Crippen molar-refractivity contribution in [1.29, 1.82) is 0 Å². The maximum absolute atomic E-state index is 13.0. The maximum atomic E-state index is 13.0. The van der Waals surface area contributed by atoms with Crippen LogP contribution in [-0.2, 0) is 6.42 Å². The summed E-state index contributed by atoms with van der Waals surface area (Å²) in [4.78, 5) is 11.6. The molecule has 1 aromatic carbocycles. The second-order valence-corrected chi connectivity index (χ2v) is 5.17. The van der Waals surface area contributed by atoms with Crippen LogP contribution < -0.4 is 10.6 Å². The molecule has 0 aromatic heterocycles. The molecule has 0 saturated carbocycles. The van der Waals surface area contributed by atoms with Crippen molar-refractivity contribution in [3.8, 4) is 0 Å². The molecule has 2 atom stereocenters. The molecule has 1 rings (SSSR count). The largest absolute Gasteiger partial charge is 0.396 e. The molecule has 5 heteroatoms. The summed E-state index contributed by atoms with van der Waals surface area (Å²) in [5.41, 5.74) is 1.90. The van der Waals surface area contributed by atoms with Gasteiger partial charge in [-0.3, -0.25) is 0 Å². The van der Waals surface area contributed by atoms with E-state index >= 15 is 0 Å². The summed E-state index contributed by atoms with van der Waals surface area (Å²) >= 11 is 0. The van der Waals surface area contributed by atoms with Crippen LogP contribution in [0.5, 0.6) is 0 Å². The van der Waals surface area contributed by atoms with Gasteiger partial charge in [-0.05, 0) is 49.4 Å². The van der Waals surface area contributed by atoms with E-state index in [2.05, 4.69) is 10.6 Å². The smallest absolute Gasteiger partial charge is 0.315 e. The van der Waals surface area contributed by atoms with Crippen LogP contribution in [0, 0.1) is 18.7 Å². The van der Waals surface area contributed by atoms with Crippen molar-refractivity contribution in [3.63, 3.8) is 0 Å². The first-order valence-electron chi connectivity index (χ1n) is 6.84. The predicted molar refractivity (Wildman–Crippen MR) is 77.1 cm³/mol. The SMILES string of the molecule is Cc1cc(F)ccc1CCNC(=O)NC(C)C(C)CO. The number of carbonyl (C=O) groups excluding carboxylic acids is 1. The van der Waals surface area contributed by atoms with Gasteiger partial charge in [0.1, 0.15) is 5.82 Å². The Labute approximate surface area is 119 Å². The lowest BCUT2D eigenvalue weighted by atomic mass is 10.1. The van der Waals surface area contributed by atoms with E-state index in [-0.39, 0.29) is 30.4 Å². The van der Waals surface area contributed by atoms with Crippen LogP contribution in [0.1, 0.15) is 25.0 Å². The minimum atomic E-state index is -0.252. The third-order valence-electron chi connectivity index (χ3n) is 3.48. The van der Waals surface area contributed by atoms with Gasteiger partial charge in [-0.15, -0.1) is 0 Å². The highest BCUT2D eigenvalue weighted by Crippen LogP contribution is 2.10. The molecule has 0 radical (unpaired) electrons. The molecule has 0 aliphatic rings. The first-order chi connectivity index (χ1) is 9.43. The summed E-state index contributed by atoms with van der Waals surface area (Å²) in [6, 6.07) is 4.30. The summed E-state index contributed by atoms with van der Waals surface area (Å²) in [5, 5.41) is 14.5. The van der Waals surface area contributed by atoms with Gasteiger partial charge in [-0.1, -0.05) is 13.0 Å². The summed E-state index contributed by atoms with van der Waals surface area (Å²) in [7, 11) is 0. The fraction of sp³-hybridized carbons (Fsp3) is 0.533. The highest BCUT2D eigenvalue weighted by atomic mass is 19.1. The highest BCUT2D eigenvalue weighted by Gasteiger charge is 2.13. The number of halogens is 1. The molecule has 112 valence electrons. The molecule has 0 aliphatic heterocycles. The number of benzene rings is 1. The Morgan fingerprint density at radius 2 is 2.10 bits per heavy atom. The minimum absolute atomic E-state index is 0.0140. The average molecular weight is 282 g/mol. The number of aliphatic hydroxyl groups is 1. The van der Waals surface area contributed by atoms with E-state index in [1.807, 2.05) is 20.8 Å². The Bertz CT molecular complexity index is 451. The second-order valence-electron chi connectivity index (χ2n) is 5.17. The third kappa shape index (κ3) is 5.17. The highest BCUT2D eigenvalue weighted by molar-refractivity contribution is 5.74. The number of hydrogen-bond acceptors (Lipinski definition) is 2. The van der Waals surface area contributed by atoms with E-state index in [9.17, 15) is 9.18 Å². The summed E-state index contributed by atoms with van der Waals surface area (Å²) in [6.45, 7) is 6.09. The number of rotatable bonds is 6. The lowest BCUT2D eigenvalue weighted by Crippen LogP contribution is -2.44. The number of aliphatic hydroxyl groups excluding tert-OH is 1. The fourth-order valence-electron chi connectivity index (χ4n) is 1.81. The zero-order valence-corrected chi connectivity index (χ0v) is 12.2. The topological polar surface area (TPSA) is 61.4 Å².